The molecular weight excluding hydrogens is 234 g/mol. The molecule has 0 saturated heterocycles. The van der Waals surface area contributed by atoms with Crippen molar-refractivity contribution in [2.75, 3.05) is 12.8 Å². The predicted molar refractivity (Wildman–Crippen MR) is 75.1 cm³/mol. The van der Waals surface area contributed by atoms with Crippen LogP contribution in [-0.4, -0.2) is 32.5 Å². The molecule has 0 rings (SSSR count). The Balaban J connectivity index is 4.83. The van der Waals surface area contributed by atoms with Gasteiger partial charge in [-0.15, -0.1) is 0 Å². The van der Waals surface area contributed by atoms with Gasteiger partial charge in [0.15, 0.2) is 9.84 Å². The molecule has 0 aromatic carbocycles. The van der Waals surface area contributed by atoms with E-state index < -0.39 is 9.84 Å². The minimum atomic E-state index is -2.98. The monoisotopic (exact) mass is 263 g/mol. The smallest absolute Gasteiger partial charge is 0.154 e. The van der Waals surface area contributed by atoms with Crippen LogP contribution in [0.25, 0.3) is 0 Å². The zero-order valence-corrected chi connectivity index (χ0v) is 12.8. The first-order valence-corrected chi connectivity index (χ1v) is 8.53. The second-order valence-electron chi connectivity index (χ2n) is 4.97. The fraction of sp³-hybridized carbons (Fsp3) is 1.00. The van der Waals surface area contributed by atoms with Crippen LogP contribution in [0.2, 0.25) is 0 Å². The highest BCUT2D eigenvalue weighted by Gasteiger charge is 2.31. The summed E-state index contributed by atoms with van der Waals surface area (Å²) >= 11 is 0. The van der Waals surface area contributed by atoms with Crippen molar-refractivity contribution in [1.82, 2.24) is 5.32 Å². The molecule has 1 N–H and O–H groups in total. The van der Waals surface area contributed by atoms with Crippen molar-refractivity contribution in [1.29, 1.82) is 0 Å². The fourth-order valence-electron chi connectivity index (χ4n) is 2.25. The summed E-state index contributed by atoms with van der Waals surface area (Å²) in [6, 6.07) is 0.0963. The average molecular weight is 263 g/mol. The van der Waals surface area contributed by atoms with E-state index in [1.54, 1.807) is 0 Å². The van der Waals surface area contributed by atoms with E-state index in [0.717, 1.165) is 19.3 Å². The quantitative estimate of drug-likeness (QED) is 0.695. The number of hydrogen-bond donors (Lipinski definition) is 1. The Morgan fingerprint density at radius 1 is 1.12 bits per heavy atom. The molecule has 104 valence electrons. The zero-order chi connectivity index (χ0) is 13.5. The Morgan fingerprint density at radius 3 is 2.06 bits per heavy atom. The summed E-state index contributed by atoms with van der Waals surface area (Å²) in [4.78, 5) is 0. The van der Waals surface area contributed by atoms with E-state index in [0.29, 0.717) is 12.2 Å². The summed E-state index contributed by atoms with van der Waals surface area (Å²) in [5, 5.41) is 2.94. The van der Waals surface area contributed by atoms with Gasteiger partial charge >= 0.3 is 0 Å². The Kier molecular flexibility index (Phi) is 8.05. The highest BCUT2D eigenvalue weighted by Crippen LogP contribution is 2.19. The normalized spacial score (nSPS) is 17.7. The van der Waals surface area contributed by atoms with Crippen LogP contribution in [0.15, 0.2) is 0 Å². The Bertz CT molecular complexity index is 288. The molecule has 0 spiro atoms. The molecule has 0 aromatic rings. The van der Waals surface area contributed by atoms with Crippen LogP contribution < -0.4 is 5.32 Å². The molecule has 3 unspecified atom stereocenters. The van der Waals surface area contributed by atoms with Crippen LogP contribution in [0.3, 0.4) is 0 Å². The maximum Gasteiger partial charge on any atom is 0.154 e. The predicted octanol–water partition coefficient (Wildman–Crippen LogP) is 2.61. The molecule has 0 heterocycles. The van der Waals surface area contributed by atoms with Crippen LogP contribution in [-0.2, 0) is 9.84 Å². The highest BCUT2D eigenvalue weighted by molar-refractivity contribution is 7.92. The van der Waals surface area contributed by atoms with Gasteiger partial charge < -0.3 is 5.32 Å². The first kappa shape index (κ1) is 16.9. The topological polar surface area (TPSA) is 46.2 Å². The summed E-state index contributed by atoms with van der Waals surface area (Å²) in [5.74, 6) is 0.581. The Morgan fingerprint density at radius 2 is 1.71 bits per heavy atom. The van der Waals surface area contributed by atoms with Crippen molar-refractivity contribution in [3.8, 4) is 0 Å². The molecule has 0 fully saturated rings. The van der Waals surface area contributed by atoms with Gasteiger partial charge in [0, 0.05) is 6.04 Å². The van der Waals surface area contributed by atoms with Gasteiger partial charge in [-0.1, -0.05) is 40.5 Å². The van der Waals surface area contributed by atoms with Crippen molar-refractivity contribution in [3.05, 3.63) is 0 Å². The Labute approximate surface area is 107 Å². The third-order valence-electron chi connectivity index (χ3n) is 3.50. The standard InChI is InChI=1S/C13H29NO2S/c1-6-9-12(14-5)13(8-3)17(15,16)10-11(4)7-2/h11-14H,6-10H2,1-5H3. The van der Waals surface area contributed by atoms with Crippen molar-refractivity contribution in [2.24, 2.45) is 5.92 Å². The molecule has 0 aliphatic carbocycles. The van der Waals surface area contributed by atoms with Gasteiger partial charge in [-0.25, -0.2) is 8.42 Å². The van der Waals surface area contributed by atoms with Gasteiger partial charge in [0.1, 0.15) is 0 Å². The third-order valence-corrected chi connectivity index (χ3v) is 6.11. The maximum absolute atomic E-state index is 12.4. The maximum atomic E-state index is 12.4. The van der Waals surface area contributed by atoms with Crippen LogP contribution in [0.4, 0.5) is 0 Å². The van der Waals surface area contributed by atoms with Gasteiger partial charge in [-0.2, -0.15) is 0 Å². The second kappa shape index (κ2) is 8.09. The minimum Gasteiger partial charge on any atom is -0.316 e. The molecule has 0 bridgehead atoms. The lowest BCUT2D eigenvalue weighted by molar-refractivity contribution is 0.459. The number of sulfone groups is 1. The molecule has 0 aliphatic heterocycles. The molecular formula is C13H29NO2S. The van der Waals surface area contributed by atoms with Crippen LogP contribution in [0.5, 0.6) is 0 Å². The second-order valence-corrected chi connectivity index (χ2v) is 7.24. The van der Waals surface area contributed by atoms with Crippen molar-refractivity contribution >= 4 is 9.84 Å². The molecule has 0 radical (unpaired) electrons. The average Bonchev–Trinajstić information content (AvgIpc) is 2.27. The molecule has 3 atom stereocenters. The lowest BCUT2D eigenvalue weighted by atomic mass is 10.1. The van der Waals surface area contributed by atoms with Gasteiger partial charge in [-0.3, -0.25) is 0 Å². The van der Waals surface area contributed by atoms with E-state index in [4.69, 9.17) is 0 Å². The summed E-state index contributed by atoms with van der Waals surface area (Å²) in [5.41, 5.74) is 0. The highest BCUT2D eigenvalue weighted by atomic mass is 32.2. The lowest BCUT2D eigenvalue weighted by Crippen LogP contribution is -2.43. The molecule has 0 aliphatic rings. The number of hydrogen-bond acceptors (Lipinski definition) is 3. The summed E-state index contributed by atoms with van der Waals surface area (Å²) in [7, 11) is -1.12. The van der Waals surface area contributed by atoms with Crippen LogP contribution >= 0.6 is 0 Å². The summed E-state index contributed by atoms with van der Waals surface area (Å²) < 4.78 is 24.7. The lowest BCUT2D eigenvalue weighted by Gasteiger charge is -2.26. The van der Waals surface area contributed by atoms with E-state index in [-0.39, 0.29) is 17.2 Å². The molecule has 3 nitrogen and oxygen atoms in total. The molecule has 0 amide bonds. The molecule has 4 heteroatoms. The van der Waals surface area contributed by atoms with E-state index in [2.05, 4.69) is 12.2 Å². The largest absolute Gasteiger partial charge is 0.316 e. The number of nitrogens with one attached hydrogen (secondary N) is 1. The van der Waals surface area contributed by atoms with Crippen molar-refractivity contribution in [2.45, 2.75) is 64.7 Å². The first-order valence-electron chi connectivity index (χ1n) is 6.81. The molecule has 17 heavy (non-hydrogen) atoms. The van der Waals surface area contributed by atoms with Gasteiger partial charge in [0.05, 0.1) is 11.0 Å². The van der Waals surface area contributed by atoms with Gasteiger partial charge in [0.2, 0.25) is 0 Å². The zero-order valence-electron chi connectivity index (χ0n) is 12.0. The Hall–Kier alpha value is -0.0900. The van der Waals surface area contributed by atoms with Gasteiger partial charge in [-0.05, 0) is 25.8 Å². The van der Waals surface area contributed by atoms with E-state index in [1.807, 2.05) is 27.8 Å². The fourth-order valence-corrected chi connectivity index (χ4v) is 4.81. The SMILES string of the molecule is CCCC(NC)C(CC)S(=O)(=O)CC(C)CC. The van der Waals surface area contributed by atoms with Crippen LogP contribution in [0, 0.1) is 5.92 Å². The van der Waals surface area contributed by atoms with Crippen molar-refractivity contribution in [3.63, 3.8) is 0 Å². The molecule has 0 saturated carbocycles. The number of rotatable bonds is 9. The van der Waals surface area contributed by atoms with E-state index in [1.165, 1.54) is 0 Å². The summed E-state index contributed by atoms with van der Waals surface area (Å²) in [6.07, 6.45) is 3.56. The summed E-state index contributed by atoms with van der Waals surface area (Å²) in [6.45, 7) is 8.12. The van der Waals surface area contributed by atoms with Gasteiger partial charge in [0.25, 0.3) is 0 Å². The molecule has 0 aromatic heterocycles. The van der Waals surface area contributed by atoms with E-state index >= 15 is 0 Å². The van der Waals surface area contributed by atoms with Crippen LogP contribution in [0.1, 0.15) is 53.4 Å². The third kappa shape index (κ3) is 5.38. The minimum absolute atomic E-state index is 0.0963. The van der Waals surface area contributed by atoms with Crippen molar-refractivity contribution < 1.29 is 8.42 Å². The first-order chi connectivity index (χ1) is 7.92. The van der Waals surface area contributed by atoms with E-state index in [9.17, 15) is 8.42 Å².